The van der Waals surface area contributed by atoms with E-state index in [0.29, 0.717) is 19.6 Å². The molecule has 0 bridgehead atoms. The second-order valence-electron chi connectivity index (χ2n) is 6.10. The van der Waals surface area contributed by atoms with E-state index >= 15 is 0 Å². The average Bonchev–Trinajstić information content (AvgIpc) is 2.95. The smallest absolute Gasteiger partial charge is 0.232 e. The van der Waals surface area contributed by atoms with Crippen molar-refractivity contribution in [1.29, 1.82) is 0 Å². The van der Waals surface area contributed by atoms with Crippen LogP contribution < -0.4 is 0 Å². The third-order valence-corrected chi connectivity index (χ3v) is 3.84. The molecule has 1 aliphatic rings. The number of alkyl halides is 1. The topological polar surface area (TPSA) is 120 Å². The number of carbonyl (C=O) groups is 2. The predicted molar refractivity (Wildman–Crippen MR) is 106 cm³/mol. The minimum atomic E-state index is -1.19. The summed E-state index contributed by atoms with van der Waals surface area (Å²) in [5, 5.41) is 28.9. The Balaban J connectivity index is 0. The van der Waals surface area contributed by atoms with Crippen molar-refractivity contribution in [2.75, 3.05) is 26.9 Å². The van der Waals surface area contributed by atoms with Gasteiger partial charge in [-0.2, -0.15) is 0 Å². The van der Waals surface area contributed by atoms with Crippen molar-refractivity contribution in [3.63, 3.8) is 0 Å². The Labute approximate surface area is 167 Å². The number of rotatable bonds is 12. The fourth-order valence-electron chi connectivity index (χ4n) is 2.44. The van der Waals surface area contributed by atoms with E-state index in [1.165, 1.54) is 4.90 Å². The van der Waals surface area contributed by atoms with Crippen LogP contribution in [0.3, 0.4) is 0 Å². The molecule has 3 N–H and O–H groups in total. The van der Waals surface area contributed by atoms with Crippen molar-refractivity contribution in [2.24, 2.45) is 11.1 Å². The summed E-state index contributed by atoms with van der Waals surface area (Å²) in [7, 11) is 1.00. The monoisotopic (exact) mass is 408 g/mol. The van der Waals surface area contributed by atoms with E-state index in [-0.39, 0.29) is 24.2 Å². The highest BCUT2D eigenvalue weighted by atomic mass is 19.1. The van der Waals surface area contributed by atoms with Gasteiger partial charge in [0.05, 0.1) is 18.4 Å². The maximum atomic E-state index is 12.0. The lowest BCUT2D eigenvalue weighted by atomic mass is 10.1. The average molecular weight is 409 g/mol. The fraction of sp³-hybridized carbons (Fsp3) is 0.842. The van der Waals surface area contributed by atoms with Crippen molar-refractivity contribution in [2.45, 2.75) is 71.5 Å². The minimum Gasteiger partial charge on any atom is -0.400 e. The van der Waals surface area contributed by atoms with Crippen LogP contribution in [0.1, 0.15) is 59.3 Å². The molecule has 1 fully saturated rings. The molecule has 1 heterocycles. The third kappa shape index (κ3) is 12.7. The number of aliphatic hydroxyl groups is 3. The van der Waals surface area contributed by atoms with Gasteiger partial charge in [0, 0.05) is 32.4 Å². The molecule has 28 heavy (non-hydrogen) atoms. The molecule has 0 saturated carbocycles. The maximum Gasteiger partial charge on any atom is 0.232 e. The zero-order valence-corrected chi connectivity index (χ0v) is 17.5. The number of hydrogen-bond acceptors (Lipinski definition) is 7. The Hall–Kier alpha value is -1.58. The van der Waals surface area contributed by atoms with Gasteiger partial charge in [-0.1, -0.05) is 32.3 Å². The summed E-state index contributed by atoms with van der Waals surface area (Å²) in [5.74, 6) is -0.346. The highest BCUT2D eigenvalue weighted by Gasteiger charge is 2.34. The number of unbranched alkanes of at least 4 members (excludes halogenated alkanes) is 3. The molecule has 0 aromatic carbocycles. The van der Waals surface area contributed by atoms with Gasteiger partial charge >= 0.3 is 0 Å². The Morgan fingerprint density at radius 2 is 1.82 bits per heavy atom. The number of likely N-dealkylation sites (tertiary alicyclic amines) is 1. The van der Waals surface area contributed by atoms with Gasteiger partial charge in [0.25, 0.3) is 0 Å². The van der Waals surface area contributed by atoms with Crippen LogP contribution in [0, 0.1) is 5.92 Å². The number of hydrogen-bond donors (Lipinski definition) is 3. The van der Waals surface area contributed by atoms with Crippen molar-refractivity contribution in [3.8, 4) is 0 Å². The molecule has 3 atom stereocenters. The second-order valence-corrected chi connectivity index (χ2v) is 6.10. The first kappa shape index (κ1) is 28.6. The van der Waals surface area contributed by atoms with Crippen molar-refractivity contribution < 1.29 is 34.1 Å². The van der Waals surface area contributed by atoms with Crippen LogP contribution in [0.2, 0.25) is 0 Å². The normalized spacial score (nSPS) is 18.3. The van der Waals surface area contributed by atoms with Crippen LogP contribution in [0.4, 0.5) is 4.39 Å². The summed E-state index contributed by atoms with van der Waals surface area (Å²) in [6, 6.07) is 0. The molecule has 0 radical (unpaired) electrons. The first-order chi connectivity index (χ1) is 13.5. The molecular formula is C19H37FN2O6. The highest BCUT2D eigenvalue weighted by Crippen LogP contribution is 2.19. The van der Waals surface area contributed by atoms with E-state index in [9.17, 15) is 19.1 Å². The van der Waals surface area contributed by atoms with Gasteiger partial charge in [-0.3, -0.25) is 14.5 Å². The van der Waals surface area contributed by atoms with Gasteiger partial charge in [-0.25, -0.2) is 4.39 Å². The molecule has 1 saturated heterocycles. The van der Waals surface area contributed by atoms with Gasteiger partial charge in [-0.05, 0) is 19.3 Å². The summed E-state index contributed by atoms with van der Waals surface area (Å²) in [4.78, 5) is 29.6. The predicted octanol–water partition coefficient (Wildman–Crippen LogP) is 1.66. The van der Waals surface area contributed by atoms with Crippen LogP contribution in [-0.4, -0.2) is 77.4 Å². The summed E-state index contributed by atoms with van der Waals surface area (Å²) in [6.07, 6.45) is 2.40. The van der Waals surface area contributed by atoms with Crippen molar-refractivity contribution >= 4 is 18.0 Å². The molecule has 8 nitrogen and oxygen atoms in total. The van der Waals surface area contributed by atoms with Crippen LogP contribution in [0.15, 0.2) is 5.16 Å². The Morgan fingerprint density at radius 1 is 1.21 bits per heavy atom. The first-order valence-electron chi connectivity index (χ1n) is 9.82. The number of nitrogens with zero attached hydrogens (tertiary/aromatic N) is 2. The molecule has 0 spiro atoms. The Morgan fingerprint density at radius 3 is 2.36 bits per heavy atom. The zero-order valence-electron chi connectivity index (χ0n) is 17.5. The Kier molecular flexibility index (Phi) is 19.2. The van der Waals surface area contributed by atoms with E-state index in [4.69, 9.17) is 15.1 Å². The highest BCUT2D eigenvalue weighted by molar-refractivity contribution is 6.03. The van der Waals surface area contributed by atoms with Gasteiger partial charge in [-0.15, -0.1) is 0 Å². The third-order valence-electron chi connectivity index (χ3n) is 3.84. The van der Waals surface area contributed by atoms with Crippen molar-refractivity contribution in [1.82, 2.24) is 4.90 Å². The quantitative estimate of drug-likeness (QED) is 0.196. The standard InChI is InChI=1S/C16H27FN2O5.C2H6.CH4O/c1-12-8-15(22)19(16(12)23)6-4-2-3-5-7-24-18-11-14(21)9-13(20)10-17;2*1-2/h11-14,20-21H,2-10H2,1H3;1-2H3;2H,1H3/b18-11+;;. The fourth-order valence-corrected chi connectivity index (χ4v) is 2.44. The molecule has 0 aliphatic carbocycles. The second kappa shape index (κ2) is 18.8. The lowest BCUT2D eigenvalue weighted by Crippen LogP contribution is -2.31. The van der Waals surface area contributed by atoms with E-state index < -0.39 is 18.9 Å². The molecule has 9 heteroatoms. The largest absolute Gasteiger partial charge is 0.400 e. The molecule has 1 aliphatic heterocycles. The Bertz CT molecular complexity index is 437. The van der Waals surface area contributed by atoms with Crippen LogP contribution >= 0.6 is 0 Å². The van der Waals surface area contributed by atoms with Crippen LogP contribution in [0.5, 0.6) is 0 Å². The summed E-state index contributed by atoms with van der Waals surface area (Å²) in [5.41, 5.74) is 0. The number of imide groups is 1. The van der Waals surface area contributed by atoms with Crippen molar-refractivity contribution in [3.05, 3.63) is 0 Å². The molecular weight excluding hydrogens is 371 g/mol. The van der Waals surface area contributed by atoms with Gasteiger partial charge < -0.3 is 20.2 Å². The van der Waals surface area contributed by atoms with Gasteiger partial charge in [0.1, 0.15) is 13.3 Å². The molecule has 3 unspecified atom stereocenters. The first-order valence-corrected chi connectivity index (χ1v) is 9.82. The van der Waals surface area contributed by atoms with E-state index in [2.05, 4.69) is 5.16 Å². The number of aliphatic hydroxyl groups excluding tert-OH is 3. The zero-order chi connectivity index (χ0) is 21.9. The summed E-state index contributed by atoms with van der Waals surface area (Å²) < 4.78 is 12.0. The number of oxime groups is 1. The molecule has 1 rings (SSSR count). The van der Waals surface area contributed by atoms with E-state index in [1.54, 1.807) is 6.92 Å². The molecule has 2 amide bonds. The summed E-state index contributed by atoms with van der Waals surface area (Å²) >= 11 is 0. The summed E-state index contributed by atoms with van der Waals surface area (Å²) in [6.45, 7) is 5.73. The number of halogens is 1. The molecule has 166 valence electrons. The van der Waals surface area contributed by atoms with Gasteiger partial charge in [0.2, 0.25) is 11.8 Å². The lowest BCUT2D eigenvalue weighted by Gasteiger charge is -2.13. The van der Waals surface area contributed by atoms with E-state index in [1.807, 2.05) is 13.8 Å². The lowest BCUT2D eigenvalue weighted by molar-refractivity contribution is -0.139. The maximum absolute atomic E-state index is 12.0. The SMILES string of the molecule is CC.CC1CC(=O)N(CCCCCCO/N=C/C(O)CC(O)CF)C1=O.CO. The number of amides is 2. The minimum absolute atomic E-state index is 0.0749. The molecule has 0 aromatic heterocycles. The van der Waals surface area contributed by atoms with E-state index in [0.717, 1.165) is 39.0 Å². The number of carbonyl (C=O) groups excluding carboxylic acids is 2. The molecule has 0 aromatic rings. The van der Waals surface area contributed by atoms with Gasteiger partial charge in [0.15, 0.2) is 0 Å². The van der Waals surface area contributed by atoms with Crippen LogP contribution in [-0.2, 0) is 14.4 Å². The van der Waals surface area contributed by atoms with Crippen LogP contribution in [0.25, 0.3) is 0 Å².